The Kier molecular flexibility index (Phi) is 8.38. The van der Waals surface area contributed by atoms with E-state index in [0.717, 1.165) is 29.8 Å². The van der Waals surface area contributed by atoms with Gasteiger partial charge in [-0.25, -0.2) is 0 Å². The van der Waals surface area contributed by atoms with Crippen LogP contribution in [0.4, 0.5) is 11.4 Å². The van der Waals surface area contributed by atoms with E-state index in [1.807, 2.05) is 60.4 Å². The molecule has 1 N–H and O–H groups in total. The lowest BCUT2D eigenvalue weighted by Gasteiger charge is -2.25. The quantitative estimate of drug-likeness (QED) is 0.445. The first-order chi connectivity index (χ1) is 14.6. The lowest BCUT2D eigenvalue weighted by atomic mass is 10.1. The number of rotatable bonds is 10. The van der Waals surface area contributed by atoms with Gasteiger partial charge in [0.25, 0.3) is 0 Å². The van der Waals surface area contributed by atoms with Crippen LogP contribution in [0.25, 0.3) is 0 Å². The minimum atomic E-state index is -0.0735. The molecule has 1 saturated heterocycles. The molecule has 0 spiro atoms. The maximum atomic E-state index is 12.6. The molecule has 5 heteroatoms. The van der Waals surface area contributed by atoms with Crippen LogP contribution in [-0.2, 0) is 9.59 Å². The lowest BCUT2D eigenvalue weighted by molar-refractivity contribution is -0.117. The zero-order valence-electron chi connectivity index (χ0n) is 18.0. The van der Waals surface area contributed by atoms with E-state index in [4.69, 9.17) is 0 Å². The highest BCUT2D eigenvalue weighted by Gasteiger charge is 2.34. The van der Waals surface area contributed by atoms with Crippen molar-refractivity contribution in [1.29, 1.82) is 0 Å². The summed E-state index contributed by atoms with van der Waals surface area (Å²) in [7, 11) is 0. The van der Waals surface area contributed by atoms with Crippen LogP contribution in [-0.4, -0.2) is 17.6 Å². The number of nitrogens with one attached hydrogen (secondary N) is 1. The maximum absolute atomic E-state index is 12.6. The predicted octanol–water partition coefficient (Wildman–Crippen LogP) is 6.46. The largest absolute Gasteiger partial charge is 0.326 e. The number of anilines is 2. The molecule has 1 aliphatic heterocycles. The molecule has 0 radical (unpaired) electrons. The summed E-state index contributed by atoms with van der Waals surface area (Å²) in [5.74, 6) is 0.646. The molecule has 30 heavy (non-hydrogen) atoms. The molecule has 2 amide bonds. The Bertz CT molecular complexity index is 850. The average molecular weight is 425 g/mol. The zero-order valence-corrected chi connectivity index (χ0v) is 18.8. The highest BCUT2D eigenvalue weighted by Crippen LogP contribution is 2.42. The smallest absolute Gasteiger partial charge is 0.238 e. The van der Waals surface area contributed by atoms with Gasteiger partial charge in [0, 0.05) is 17.8 Å². The lowest BCUT2D eigenvalue weighted by Crippen LogP contribution is -2.27. The van der Waals surface area contributed by atoms with Crippen molar-refractivity contribution in [3.05, 3.63) is 59.7 Å². The molecular weight excluding hydrogens is 392 g/mol. The summed E-state index contributed by atoms with van der Waals surface area (Å²) in [6.07, 6.45) is 7.59. The average Bonchev–Trinajstić information content (AvgIpc) is 3.13. The van der Waals surface area contributed by atoms with Gasteiger partial charge in [-0.05, 0) is 43.2 Å². The van der Waals surface area contributed by atoms with Crippen molar-refractivity contribution >= 4 is 35.0 Å². The number of carbonyl (C=O) groups excluding carboxylic acids is 2. The Morgan fingerprint density at radius 1 is 1.07 bits per heavy atom. The third-order valence-electron chi connectivity index (χ3n) is 5.39. The molecular formula is C25H32N2O2S. The number of benzene rings is 2. The van der Waals surface area contributed by atoms with Crippen molar-refractivity contribution in [3.63, 3.8) is 0 Å². The van der Waals surface area contributed by atoms with Crippen LogP contribution in [0.5, 0.6) is 0 Å². The van der Waals surface area contributed by atoms with Gasteiger partial charge in [-0.2, -0.15) is 0 Å². The second-order valence-corrected chi connectivity index (χ2v) is 9.02. The summed E-state index contributed by atoms with van der Waals surface area (Å²) in [5, 5.41) is 2.96. The van der Waals surface area contributed by atoms with E-state index in [9.17, 15) is 9.59 Å². The SMILES string of the molecule is CCCCCCCCC(=O)Nc1cccc([C@H]2SCC(=O)N2c2ccc(C)cc2)c1. The van der Waals surface area contributed by atoms with E-state index in [1.54, 1.807) is 11.8 Å². The first-order valence-corrected chi connectivity index (χ1v) is 12.0. The number of aryl methyl sites for hydroxylation is 1. The number of amides is 2. The van der Waals surface area contributed by atoms with Crippen molar-refractivity contribution < 1.29 is 9.59 Å². The Balaban J connectivity index is 1.61. The molecule has 2 aromatic carbocycles. The molecule has 0 aromatic heterocycles. The van der Waals surface area contributed by atoms with Crippen molar-refractivity contribution in [2.75, 3.05) is 16.0 Å². The second-order valence-electron chi connectivity index (χ2n) is 7.95. The second kappa shape index (κ2) is 11.2. The summed E-state index contributed by atoms with van der Waals surface area (Å²) in [6.45, 7) is 4.25. The van der Waals surface area contributed by atoms with Crippen molar-refractivity contribution in [2.24, 2.45) is 0 Å². The van der Waals surface area contributed by atoms with E-state index >= 15 is 0 Å². The molecule has 1 atom stereocenters. The van der Waals surface area contributed by atoms with Gasteiger partial charge in [0.1, 0.15) is 5.37 Å². The Hall–Kier alpha value is -2.27. The van der Waals surface area contributed by atoms with Crippen LogP contribution >= 0.6 is 11.8 Å². The molecule has 0 unspecified atom stereocenters. The van der Waals surface area contributed by atoms with Crippen LogP contribution in [0.3, 0.4) is 0 Å². The fourth-order valence-corrected chi connectivity index (χ4v) is 4.88. The highest BCUT2D eigenvalue weighted by atomic mass is 32.2. The van der Waals surface area contributed by atoms with E-state index in [0.29, 0.717) is 12.2 Å². The molecule has 1 aliphatic rings. The molecule has 0 aliphatic carbocycles. The maximum Gasteiger partial charge on any atom is 0.238 e. The zero-order chi connectivity index (χ0) is 21.3. The van der Waals surface area contributed by atoms with Gasteiger partial charge in [0.05, 0.1) is 5.75 Å². The van der Waals surface area contributed by atoms with Crippen molar-refractivity contribution in [2.45, 2.75) is 64.2 Å². The number of unbranched alkanes of at least 4 members (excludes halogenated alkanes) is 5. The standard InChI is InChI=1S/C25H32N2O2S/c1-3-4-5-6-7-8-12-23(28)26-21-11-9-10-20(17-21)25-27(24(29)18-30-25)22-15-13-19(2)14-16-22/h9-11,13-17,25H,3-8,12,18H2,1-2H3,(H,26,28)/t25-/m1/s1. The number of hydrogen-bond acceptors (Lipinski definition) is 3. The molecule has 4 nitrogen and oxygen atoms in total. The first-order valence-electron chi connectivity index (χ1n) is 11.0. The van der Waals surface area contributed by atoms with Gasteiger partial charge in [-0.3, -0.25) is 14.5 Å². The van der Waals surface area contributed by atoms with E-state index < -0.39 is 0 Å². The molecule has 1 heterocycles. The summed E-state index contributed by atoms with van der Waals surface area (Å²) in [4.78, 5) is 26.7. The summed E-state index contributed by atoms with van der Waals surface area (Å²) in [5.41, 5.74) is 3.92. The molecule has 160 valence electrons. The normalized spacial score (nSPS) is 16.1. The van der Waals surface area contributed by atoms with Gasteiger partial charge in [-0.15, -0.1) is 11.8 Å². The fraction of sp³-hybridized carbons (Fsp3) is 0.440. The summed E-state index contributed by atoms with van der Waals surface area (Å²) < 4.78 is 0. The van der Waals surface area contributed by atoms with Gasteiger partial charge in [0.2, 0.25) is 11.8 Å². The van der Waals surface area contributed by atoms with Crippen LogP contribution in [0.2, 0.25) is 0 Å². The number of carbonyl (C=O) groups is 2. The topological polar surface area (TPSA) is 49.4 Å². The molecule has 2 aromatic rings. The minimum Gasteiger partial charge on any atom is -0.326 e. The number of thioether (sulfide) groups is 1. The minimum absolute atomic E-state index is 0.0631. The Morgan fingerprint density at radius 3 is 2.57 bits per heavy atom. The predicted molar refractivity (Wildman–Crippen MR) is 127 cm³/mol. The van der Waals surface area contributed by atoms with Crippen LogP contribution in [0.15, 0.2) is 48.5 Å². The third kappa shape index (κ3) is 6.11. The van der Waals surface area contributed by atoms with Crippen molar-refractivity contribution in [3.8, 4) is 0 Å². The highest BCUT2D eigenvalue weighted by molar-refractivity contribution is 8.00. The number of nitrogens with zero attached hydrogens (tertiary/aromatic N) is 1. The molecule has 3 rings (SSSR count). The van der Waals surface area contributed by atoms with Crippen LogP contribution < -0.4 is 10.2 Å². The van der Waals surface area contributed by atoms with Gasteiger partial charge in [-0.1, -0.05) is 68.9 Å². The monoisotopic (exact) mass is 424 g/mol. The molecule has 0 saturated carbocycles. The van der Waals surface area contributed by atoms with E-state index in [-0.39, 0.29) is 17.2 Å². The fourth-order valence-electron chi connectivity index (χ4n) is 3.71. The van der Waals surface area contributed by atoms with Crippen molar-refractivity contribution in [1.82, 2.24) is 0 Å². The first kappa shape index (κ1) is 22.4. The van der Waals surface area contributed by atoms with Gasteiger partial charge < -0.3 is 5.32 Å². The summed E-state index contributed by atoms with van der Waals surface area (Å²) >= 11 is 1.63. The third-order valence-corrected chi connectivity index (χ3v) is 6.61. The summed E-state index contributed by atoms with van der Waals surface area (Å²) in [6, 6.07) is 15.9. The molecule has 1 fully saturated rings. The van der Waals surface area contributed by atoms with Crippen LogP contribution in [0.1, 0.15) is 68.4 Å². The molecule has 0 bridgehead atoms. The van der Waals surface area contributed by atoms with Crippen LogP contribution in [0, 0.1) is 6.92 Å². The van der Waals surface area contributed by atoms with E-state index in [1.165, 1.54) is 31.2 Å². The van der Waals surface area contributed by atoms with E-state index in [2.05, 4.69) is 12.2 Å². The Morgan fingerprint density at radius 2 is 1.80 bits per heavy atom. The van der Waals surface area contributed by atoms with Gasteiger partial charge in [0.15, 0.2) is 0 Å². The van der Waals surface area contributed by atoms with Gasteiger partial charge >= 0.3 is 0 Å². The Labute approximate surface area is 184 Å². The number of hydrogen-bond donors (Lipinski definition) is 1.